The smallest absolute Gasteiger partial charge is 0.315 e. The van der Waals surface area contributed by atoms with E-state index in [9.17, 15) is 9.90 Å². The predicted octanol–water partition coefficient (Wildman–Crippen LogP) is 2.74. The molecule has 3 N–H and O–H groups in total. The molecule has 0 fully saturated rings. The Morgan fingerprint density at radius 1 is 1.17 bits per heavy atom. The Balaban J connectivity index is 2.11. The van der Waals surface area contributed by atoms with Crippen LogP contribution >= 0.6 is 11.6 Å². The van der Waals surface area contributed by atoms with Crippen LogP contribution in [0.4, 0.5) is 4.79 Å². The summed E-state index contributed by atoms with van der Waals surface area (Å²) < 4.78 is 4.83. The lowest BCUT2D eigenvalue weighted by molar-refractivity contribution is 0.0659. The summed E-state index contributed by atoms with van der Waals surface area (Å²) in [6, 6.07) is 16.2. The number of ether oxygens (including phenoxy) is 1. The number of amides is 2. The van der Waals surface area contributed by atoms with E-state index in [-0.39, 0.29) is 25.2 Å². The quantitative estimate of drug-likeness (QED) is 0.720. The van der Waals surface area contributed by atoms with Gasteiger partial charge in [0.05, 0.1) is 18.8 Å². The Morgan fingerprint density at radius 3 is 2.54 bits per heavy atom. The molecule has 2 rings (SSSR count). The summed E-state index contributed by atoms with van der Waals surface area (Å²) in [6.45, 7) is 0.271. The van der Waals surface area contributed by atoms with Gasteiger partial charge in [0.25, 0.3) is 0 Å². The van der Waals surface area contributed by atoms with Gasteiger partial charge in [-0.25, -0.2) is 4.79 Å². The van der Waals surface area contributed by atoms with Crippen LogP contribution in [-0.4, -0.2) is 37.5 Å². The lowest BCUT2D eigenvalue weighted by Gasteiger charge is -2.21. The minimum absolute atomic E-state index is 0.108. The van der Waals surface area contributed by atoms with Crippen LogP contribution in [0.3, 0.4) is 0 Å². The molecule has 0 aliphatic carbocycles. The average molecular weight is 349 g/mol. The molecule has 5 nitrogen and oxygen atoms in total. The number of nitrogens with one attached hydrogen (secondary N) is 2. The van der Waals surface area contributed by atoms with Crippen molar-refractivity contribution >= 4 is 17.6 Å². The van der Waals surface area contributed by atoms with E-state index >= 15 is 0 Å². The van der Waals surface area contributed by atoms with Gasteiger partial charge in [-0.3, -0.25) is 0 Å². The number of methoxy groups -OCH3 is 1. The highest BCUT2D eigenvalue weighted by atomic mass is 35.5. The molecule has 0 heterocycles. The van der Waals surface area contributed by atoms with Crippen molar-refractivity contribution in [2.24, 2.45) is 0 Å². The first-order valence-electron chi connectivity index (χ1n) is 7.62. The number of rotatable bonds is 7. The number of halogens is 1. The number of aliphatic hydroxyl groups excluding tert-OH is 1. The highest BCUT2D eigenvalue weighted by Gasteiger charge is 2.17. The zero-order chi connectivity index (χ0) is 17.4. The van der Waals surface area contributed by atoms with E-state index in [1.54, 1.807) is 6.07 Å². The number of urea groups is 1. The summed E-state index contributed by atoms with van der Waals surface area (Å²) >= 11 is 6.08. The maximum absolute atomic E-state index is 12.2. The molecule has 2 atom stereocenters. The van der Waals surface area contributed by atoms with Gasteiger partial charge in [0.1, 0.15) is 0 Å². The van der Waals surface area contributed by atoms with Crippen LogP contribution in [0.1, 0.15) is 17.2 Å². The summed E-state index contributed by atoms with van der Waals surface area (Å²) in [5, 5.41) is 15.8. The Morgan fingerprint density at radius 2 is 1.88 bits per heavy atom. The number of benzene rings is 2. The second kappa shape index (κ2) is 9.27. The van der Waals surface area contributed by atoms with Crippen LogP contribution in [0, 0.1) is 0 Å². The Labute approximate surface area is 146 Å². The number of carbonyl (C=O) groups excluding carboxylic acids is 1. The highest BCUT2D eigenvalue weighted by molar-refractivity contribution is 6.30. The van der Waals surface area contributed by atoms with E-state index in [0.29, 0.717) is 5.02 Å². The molecule has 2 amide bonds. The van der Waals surface area contributed by atoms with E-state index in [2.05, 4.69) is 10.6 Å². The maximum atomic E-state index is 12.2. The number of carbonyl (C=O) groups is 1. The van der Waals surface area contributed by atoms with E-state index < -0.39 is 6.10 Å². The summed E-state index contributed by atoms with van der Waals surface area (Å²) in [7, 11) is 1.49. The third kappa shape index (κ3) is 5.53. The van der Waals surface area contributed by atoms with Crippen molar-refractivity contribution in [3.63, 3.8) is 0 Å². The Bertz CT molecular complexity index is 652. The van der Waals surface area contributed by atoms with Gasteiger partial charge in [-0.05, 0) is 23.3 Å². The fourth-order valence-electron chi connectivity index (χ4n) is 2.33. The second-order valence-corrected chi connectivity index (χ2v) is 5.80. The molecule has 0 aliphatic rings. The van der Waals surface area contributed by atoms with Crippen LogP contribution in [0.25, 0.3) is 0 Å². The molecular formula is C18H21ClN2O3. The first-order chi connectivity index (χ1) is 11.6. The summed E-state index contributed by atoms with van der Waals surface area (Å²) in [6.07, 6.45) is -0.748. The second-order valence-electron chi connectivity index (χ2n) is 5.36. The zero-order valence-corrected chi connectivity index (χ0v) is 14.2. The molecule has 0 saturated carbocycles. The first-order valence-corrected chi connectivity index (χ1v) is 7.99. The number of hydrogen-bond donors (Lipinski definition) is 3. The van der Waals surface area contributed by atoms with E-state index in [1.165, 1.54) is 7.11 Å². The fourth-order valence-corrected chi connectivity index (χ4v) is 2.53. The van der Waals surface area contributed by atoms with Crippen LogP contribution in [0.2, 0.25) is 5.02 Å². The van der Waals surface area contributed by atoms with Gasteiger partial charge in [0.15, 0.2) is 0 Å². The summed E-state index contributed by atoms with van der Waals surface area (Å²) in [5.41, 5.74) is 1.81. The molecule has 2 aromatic rings. The van der Waals surface area contributed by atoms with E-state index in [0.717, 1.165) is 11.1 Å². The number of aliphatic hydroxyl groups is 1. The van der Waals surface area contributed by atoms with Crippen LogP contribution in [0.15, 0.2) is 54.6 Å². The molecule has 0 unspecified atom stereocenters. The Kier molecular flexibility index (Phi) is 7.06. The molecule has 2 aromatic carbocycles. The third-order valence-electron chi connectivity index (χ3n) is 3.45. The van der Waals surface area contributed by atoms with E-state index in [4.69, 9.17) is 16.3 Å². The van der Waals surface area contributed by atoms with Gasteiger partial charge in [-0.15, -0.1) is 0 Å². The molecule has 6 heteroatoms. The molecule has 128 valence electrons. The van der Waals surface area contributed by atoms with Crippen molar-refractivity contribution in [3.8, 4) is 0 Å². The van der Waals surface area contributed by atoms with Gasteiger partial charge in [0.2, 0.25) is 0 Å². The lowest BCUT2D eigenvalue weighted by Crippen LogP contribution is -2.42. The standard InChI is InChI=1S/C18H21ClN2O3/c1-24-12-16(22)11-20-18(23)21-17(13-6-3-2-4-7-13)14-8-5-9-15(19)10-14/h2-10,16-17,22H,11-12H2,1H3,(H2,20,21,23)/t16-,17+/m1/s1. The SMILES string of the molecule is COC[C@H](O)CNC(=O)N[C@@H](c1ccccc1)c1cccc(Cl)c1. The van der Waals surface area contributed by atoms with Crippen molar-refractivity contribution in [2.45, 2.75) is 12.1 Å². The van der Waals surface area contributed by atoms with Gasteiger partial charge in [0, 0.05) is 18.7 Å². The largest absolute Gasteiger partial charge is 0.389 e. The van der Waals surface area contributed by atoms with Crippen molar-refractivity contribution in [1.29, 1.82) is 0 Å². The van der Waals surface area contributed by atoms with Crippen LogP contribution < -0.4 is 10.6 Å². The molecule has 24 heavy (non-hydrogen) atoms. The van der Waals surface area contributed by atoms with E-state index in [1.807, 2.05) is 48.5 Å². The maximum Gasteiger partial charge on any atom is 0.315 e. The van der Waals surface area contributed by atoms with Gasteiger partial charge in [-0.1, -0.05) is 54.1 Å². The van der Waals surface area contributed by atoms with Crippen LogP contribution in [-0.2, 0) is 4.74 Å². The van der Waals surface area contributed by atoms with Crippen molar-refractivity contribution < 1.29 is 14.6 Å². The molecule has 0 radical (unpaired) electrons. The topological polar surface area (TPSA) is 70.6 Å². The van der Waals surface area contributed by atoms with Crippen molar-refractivity contribution in [3.05, 3.63) is 70.7 Å². The molecule has 0 saturated heterocycles. The highest BCUT2D eigenvalue weighted by Crippen LogP contribution is 2.24. The van der Waals surface area contributed by atoms with Crippen LogP contribution in [0.5, 0.6) is 0 Å². The number of hydrogen-bond acceptors (Lipinski definition) is 3. The van der Waals surface area contributed by atoms with Crippen molar-refractivity contribution in [2.75, 3.05) is 20.3 Å². The minimum Gasteiger partial charge on any atom is -0.389 e. The lowest BCUT2D eigenvalue weighted by atomic mass is 9.99. The van der Waals surface area contributed by atoms with Crippen molar-refractivity contribution in [1.82, 2.24) is 10.6 Å². The molecular weight excluding hydrogens is 328 g/mol. The molecule has 0 bridgehead atoms. The summed E-state index contributed by atoms with van der Waals surface area (Å²) in [5.74, 6) is 0. The fraction of sp³-hybridized carbons (Fsp3) is 0.278. The molecule has 0 spiro atoms. The van der Waals surface area contributed by atoms with Gasteiger partial charge in [-0.2, -0.15) is 0 Å². The van der Waals surface area contributed by atoms with Gasteiger partial charge < -0.3 is 20.5 Å². The first kappa shape index (κ1) is 18.3. The summed E-state index contributed by atoms with van der Waals surface area (Å²) in [4.78, 5) is 12.2. The zero-order valence-electron chi connectivity index (χ0n) is 13.4. The molecule has 0 aromatic heterocycles. The monoisotopic (exact) mass is 348 g/mol. The third-order valence-corrected chi connectivity index (χ3v) is 3.68. The Hall–Kier alpha value is -2.08. The van der Waals surface area contributed by atoms with Gasteiger partial charge >= 0.3 is 6.03 Å². The minimum atomic E-state index is -0.748. The average Bonchev–Trinajstić information content (AvgIpc) is 2.59. The normalized spacial score (nSPS) is 13.1. The molecule has 0 aliphatic heterocycles. The predicted molar refractivity (Wildman–Crippen MR) is 94.2 cm³/mol.